The lowest BCUT2D eigenvalue weighted by Crippen LogP contribution is -2.59. The van der Waals surface area contributed by atoms with Crippen molar-refractivity contribution in [3.05, 3.63) is 71.2 Å². The number of aliphatic hydroxyl groups excluding tert-OH is 3. The SMILES string of the molecule is Cc1ccccc1C([SH]1C[C@H](O)[C@H](n2cc(-c3cc(F)c(F)c(F)c3)nn2)[C@@H](O)[C@H]1CO)C1(O)CC(C)C1C. The fourth-order valence-electron chi connectivity index (χ4n) is 6.41. The molecule has 212 valence electrons. The first-order chi connectivity index (χ1) is 18.5. The first kappa shape index (κ1) is 28.1. The van der Waals surface area contributed by atoms with Gasteiger partial charge in [0, 0.05) is 21.8 Å². The summed E-state index contributed by atoms with van der Waals surface area (Å²) in [4.78, 5) is 0. The van der Waals surface area contributed by atoms with Gasteiger partial charge in [-0.25, -0.2) is 28.7 Å². The van der Waals surface area contributed by atoms with Crippen molar-refractivity contribution >= 4 is 10.9 Å². The number of rotatable bonds is 6. The minimum Gasteiger partial charge on any atom is -0.395 e. The molecule has 4 N–H and O–H groups in total. The Hall–Kier alpha value is -2.44. The van der Waals surface area contributed by atoms with Crippen molar-refractivity contribution in [3.63, 3.8) is 0 Å². The number of nitrogens with zero attached hydrogens (tertiary/aromatic N) is 3. The van der Waals surface area contributed by atoms with E-state index in [0.29, 0.717) is 12.3 Å². The molecular formula is C28H34F3N3O4S. The lowest BCUT2D eigenvalue weighted by Gasteiger charge is -2.59. The second-order valence-electron chi connectivity index (χ2n) is 11.1. The van der Waals surface area contributed by atoms with Gasteiger partial charge in [-0.05, 0) is 48.4 Å². The summed E-state index contributed by atoms with van der Waals surface area (Å²) in [6.45, 7) is 5.71. The van der Waals surface area contributed by atoms with E-state index in [2.05, 4.69) is 17.2 Å². The maximum Gasteiger partial charge on any atom is 0.194 e. The second-order valence-corrected chi connectivity index (χ2v) is 13.6. The number of thiol groups is 1. The number of benzene rings is 2. The van der Waals surface area contributed by atoms with Crippen molar-refractivity contribution in [2.75, 3.05) is 12.4 Å². The van der Waals surface area contributed by atoms with Crippen molar-refractivity contribution in [2.45, 2.75) is 61.5 Å². The summed E-state index contributed by atoms with van der Waals surface area (Å²) >= 11 is 0. The van der Waals surface area contributed by atoms with Gasteiger partial charge in [-0.15, -0.1) is 5.10 Å². The van der Waals surface area contributed by atoms with Crippen LogP contribution in [0.2, 0.25) is 0 Å². The molecule has 2 fully saturated rings. The fraction of sp³-hybridized carbons (Fsp3) is 0.500. The Morgan fingerprint density at radius 3 is 2.38 bits per heavy atom. The Morgan fingerprint density at radius 1 is 1.13 bits per heavy atom. The first-order valence-corrected chi connectivity index (χ1v) is 14.7. The van der Waals surface area contributed by atoms with Crippen molar-refractivity contribution in [1.82, 2.24) is 15.0 Å². The highest BCUT2D eigenvalue weighted by molar-refractivity contribution is 8.18. The van der Waals surface area contributed by atoms with Crippen LogP contribution in [0.4, 0.5) is 13.2 Å². The normalized spacial score (nSPS) is 34.5. The molecule has 9 atom stereocenters. The summed E-state index contributed by atoms with van der Waals surface area (Å²) in [5, 5.41) is 52.2. The molecule has 0 spiro atoms. The van der Waals surface area contributed by atoms with E-state index < -0.39 is 57.4 Å². The minimum absolute atomic E-state index is 0.00895. The van der Waals surface area contributed by atoms with Crippen LogP contribution >= 0.6 is 10.9 Å². The zero-order valence-corrected chi connectivity index (χ0v) is 22.8. The Labute approximate surface area is 227 Å². The van der Waals surface area contributed by atoms with Crippen LogP contribution in [0.15, 0.2) is 42.6 Å². The van der Waals surface area contributed by atoms with Crippen LogP contribution in [0, 0.1) is 36.2 Å². The Kier molecular flexibility index (Phi) is 7.58. The second kappa shape index (κ2) is 10.5. The van der Waals surface area contributed by atoms with Crippen molar-refractivity contribution in [3.8, 4) is 11.3 Å². The molecule has 0 bridgehead atoms. The van der Waals surface area contributed by atoms with E-state index in [4.69, 9.17) is 0 Å². The highest BCUT2D eigenvalue weighted by atomic mass is 32.2. The molecule has 1 aliphatic carbocycles. The number of hydrogen-bond donors (Lipinski definition) is 5. The highest BCUT2D eigenvalue weighted by Gasteiger charge is 2.58. The van der Waals surface area contributed by atoms with Gasteiger partial charge in [-0.2, -0.15) is 0 Å². The summed E-state index contributed by atoms with van der Waals surface area (Å²) in [6.07, 6.45) is -0.443. The smallest absolute Gasteiger partial charge is 0.194 e. The van der Waals surface area contributed by atoms with E-state index >= 15 is 0 Å². The van der Waals surface area contributed by atoms with Gasteiger partial charge in [-0.1, -0.05) is 43.3 Å². The summed E-state index contributed by atoms with van der Waals surface area (Å²) in [5.74, 6) is -3.81. The van der Waals surface area contributed by atoms with Gasteiger partial charge >= 0.3 is 0 Å². The molecule has 2 heterocycles. The monoisotopic (exact) mass is 565 g/mol. The number of halogens is 3. The predicted molar refractivity (Wildman–Crippen MR) is 143 cm³/mol. The van der Waals surface area contributed by atoms with Gasteiger partial charge < -0.3 is 20.4 Å². The third kappa shape index (κ3) is 4.67. The Balaban J connectivity index is 1.49. The molecule has 1 aromatic heterocycles. The lowest BCUT2D eigenvalue weighted by molar-refractivity contribution is -0.127. The van der Waals surface area contributed by atoms with Crippen molar-refractivity contribution < 1.29 is 33.6 Å². The predicted octanol–water partition coefficient (Wildman–Crippen LogP) is 3.46. The molecule has 39 heavy (non-hydrogen) atoms. The van der Waals surface area contributed by atoms with E-state index in [1.165, 1.54) is 10.9 Å². The van der Waals surface area contributed by atoms with E-state index in [0.717, 1.165) is 23.3 Å². The van der Waals surface area contributed by atoms with Crippen molar-refractivity contribution in [2.24, 2.45) is 11.8 Å². The van der Waals surface area contributed by atoms with Crippen LogP contribution in [-0.2, 0) is 0 Å². The number of aliphatic hydroxyl groups is 4. The topological polar surface area (TPSA) is 112 Å². The van der Waals surface area contributed by atoms with Crippen molar-refractivity contribution in [1.29, 1.82) is 0 Å². The van der Waals surface area contributed by atoms with Gasteiger partial charge in [0.25, 0.3) is 0 Å². The molecule has 5 unspecified atom stereocenters. The van der Waals surface area contributed by atoms with Crippen LogP contribution in [0.5, 0.6) is 0 Å². The van der Waals surface area contributed by atoms with Gasteiger partial charge in [0.05, 0.1) is 30.6 Å². The van der Waals surface area contributed by atoms with Crippen LogP contribution in [0.3, 0.4) is 0 Å². The maximum absolute atomic E-state index is 13.8. The molecule has 1 aliphatic heterocycles. The lowest BCUT2D eigenvalue weighted by atomic mass is 9.60. The Morgan fingerprint density at radius 2 is 1.79 bits per heavy atom. The molecule has 0 radical (unpaired) electrons. The number of hydrogen-bond acceptors (Lipinski definition) is 6. The molecular weight excluding hydrogens is 531 g/mol. The van der Waals surface area contributed by atoms with Crippen LogP contribution in [0.25, 0.3) is 11.3 Å². The molecule has 1 saturated carbocycles. The fourth-order valence-corrected chi connectivity index (χ4v) is 10.3. The zero-order chi connectivity index (χ0) is 28.2. The summed E-state index contributed by atoms with van der Waals surface area (Å²) in [7, 11) is -1.33. The third-order valence-electron chi connectivity index (χ3n) is 8.82. The molecule has 11 heteroatoms. The van der Waals surface area contributed by atoms with Gasteiger partial charge in [-0.3, -0.25) is 0 Å². The molecule has 2 aromatic carbocycles. The highest BCUT2D eigenvalue weighted by Crippen LogP contribution is 2.64. The third-order valence-corrected chi connectivity index (χ3v) is 12.3. The van der Waals surface area contributed by atoms with Crippen LogP contribution in [0.1, 0.15) is 42.7 Å². The summed E-state index contributed by atoms with van der Waals surface area (Å²) in [5.41, 5.74) is 0.879. The molecule has 3 aromatic rings. The first-order valence-electron chi connectivity index (χ1n) is 13.0. The van der Waals surface area contributed by atoms with Gasteiger partial charge in [0.2, 0.25) is 0 Å². The number of aryl methyl sites for hydroxylation is 1. The average molecular weight is 566 g/mol. The van der Waals surface area contributed by atoms with E-state index in [9.17, 15) is 33.6 Å². The Bertz CT molecular complexity index is 1340. The van der Waals surface area contributed by atoms with Gasteiger partial charge in [0.1, 0.15) is 11.7 Å². The summed E-state index contributed by atoms with van der Waals surface area (Å²) < 4.78 is 42.2. The quantitative estimate of drug-likeness (QED) is 0.231. The molecule has 1 saturated heterocycles. The average Bonchev–Trinajstić information content (AvgIpc) is 3.38. The van der Waals surface area contributed by atoms with E-state index in [1.807, 2.05) is 38.1 Å². The standard InChI is InChI=1S/C28H34F3N3O4S/c1-14-6-4-5-7-18(14)27(28(38)10-15(2)16(28)3)39-13-22(36)25(26(37)23(39)12-35)34-11-21(32-33-34)17-8-19(29)24(31)20(30)9-17/h4-9,11,15-16,22-23,25-27,35-39H,10,12-13H2,1-3H3/t15?,16?,22-,23+,25-,26-,27?,28?/m0/s1. The largest absolute Gasteiger partial charge is 0.395 e. The molecule has 7 nitrogen and oxygen atoms in total. The zero-order valence-electron chi connectivity index (χ0n) is 21.9. The van der Waals surface area contributed by atoms with E-state index in [1.54, 1.807) is 0 Å². The van der Waals surface area contributed by atoms with Crippen LogP contribution in [-0.4, -0.2) is 70.8 Å². The number of aromatic nitrogens is 3. The maximum atomic E-state index is 13.8. The molecule has 5 rings (SSSR count). The van der Waals surface area contributed by atoms with Gasteiger partial charge in [0.15, 0.2) is 17.5 Å². The summed E-state index contributed by atoms with van der Waals surface area (Å²) in [6, 6.07) is 8.37. The van der Waals surface area contributed by atoms with Crippen LogP contribution < -0.4 is 0 Å². The minimum atomic E-state index is -1.59. The molecule has 2 aliphatic rings. The molecule has 0 amide bonds. The van der Waals surface area contributed by atoms with E-state index in [-0.39, 0.29) is 34.8 Å².